The molecule has 2 amide bonds. The number of hydrogen-bond donors (Lipinski definition) is 2. The highest BCUT2D eigenvalue weighted by atomic mass is 16.5. The van der Waals surface area contributed by atoms with Crippen molar-refractivity contribution < 1.29 is 14.3 Å². The summed E-state index contributed by atoms with van der Waals surface area (Å²) < 4.78 is 5.41. The van der Waals surface area contributed by atoms with Gasteiger partial charge in [-0.2, -0.15) is 5.26 Å². The number of benzene rings is 2. The minimum atomic E-state index is -0.350. The number of nitrogens with zero attached hydrogens (tertiary/aromatic N) is 1. The Hall–Kier alpha value is -3.33. The average molecular weight is 337 g/mol. The molecule has 0 bridgehead atoms. The average Bonchev–Trinajstić information content (AvgIpc) is 2.61. The third kappa shape index (κ3) is 6.36. The normalized spacial score (nSPS) is 9.76. The summed E-state index contributed by atoms with van der Waals surface area (Å²) in [4.78, 5) is 23.1. The van der Waals surface area contributed by atoms with Crippen molar-refractivity contribution in [3.05, 3.63) is 59.7 Å². The van der Waals surface area contributed by atoms with Gasteiger partial charge < -0.3 is 15.4 Å². The zero-order valence-electron chi connectivity index (χ0n) is 13.9. The number of amides is 2. The summed E-state index contributed by atoms with van der Waals surface area (Å²) >= 11 is 0. The van der Waals surface area contributed by atoms with Crippen molar-refractivity contribution in [2.75, 3.05) is 11.9 Å². The zero-order valence-corrected chi connectivity index (χ0v) is 13.9. The van der Waals surface area contributed by atoms with Crippen molar-refractivity contribution in [3.63, 3.8) is 0 Å². The molecule has 2 aromatic carbocycles. The van der Waals surface area contributed by atoms with Crippen LogP contribution in [-0.2, 0) is 16.1 Å². The van der Waals surface area contributed by atoms with Crippen LogP contribution in [-0.4, -0.2) is 18.4 Å². The maximum absolute atomic E-state index is 11.8. The smallest absolute Gasteiger partial charge is 0.258 e. The molecule has 0 saturated carbocycles. The summed E-state index contributed by atoms with van der Waals surface area (Å²) in [5.74, 6) is 0.0852. The molecular weight excluding hydrogens is 318 g/mol. The Morgan fingerprint density at radius 3 is 2.36 bits per heavy atom. The summed E-state index contributed by atoms with van der Waals surface area (Å²) in [6, 6.07) is 16.3. The van der Waals surface area contributed by atoms with Crippen LogP contribution in [0.3, 0.4) is 0 Å². The first-order valence-electron chi connectivity index (χ1n) is 7.79. The molecule has 6 heteroatoms. The molecular formula is C19H19N3O3. The van der Waals surface area contributed by atoms with Crippen molar-refractivity contribution in [1.82, 2.24) is 5.32 Å². The van der Waals surface area contributed by atoms with Crippen LogP contribution in [0.4, 0.5) is 5.69 Å². The highest BCUT2D eigenvalue weighted by molar-refractivity contribution is 5.92. The predicted molar refractivity (Wildman–Crippen MR) is 93.8 cm³/mol. The highest BCUT2D eigenvalue weighted by Crippen LogP contribution is 2.11. The largest absolute Gasteiger partial charge is 0.484 e. The van der Waals surface area contributed by atoms with Gasteiger partial charge in [0.1, 0.15) is 12.2 Å². The Morgan fingerprint density at radius 1 is 1.04 bits per heavy atom. The van der Waals surface area contributed by atoms with Gasteiger partial charge in [0.05, 0.1) is 6.07 Å². The number of carbonyl (C=O) groups excluding carboxylic acids is 2. The molecule has 0 aliphatic carbocycles. The highest BCUT2D eigenvalue weighted by Gasteiger charge is 2.04. The second-order valence-electron chi connectivity index (χ2n) is 5.46. The second-order valence-corrected chi connectivity index (χ2v) is 5.46. The fraction of sp³-hybridized carbons (Fsp3) is 0.211. The number of aryl methyl sites for hydroxylation is 1. The van der Waals surface area contributed by atoms with Crippen molar-refractivity contribution in [1.29, 1.82) is 5.26 Å². The van der Waals surface area contributed by atoms with E-state index >= 15 is 0 Å². The third-order valence-electron chi connectivity index (χ3n) is 3.36. The quantitative estimate of drug-likeness (QED) is 0.812. The van der Waals surface area contributed by atoms with E-state index in [1.165, 1.54) is 0 Å². The topological polar surface area (TPSA) is 91.2 Å². The number of nitrogens with one attached hydrogen (secondary N) is 2. The van der Waals surface area contributed by atoms with E-state index in [4.69, 9.17) is 10.00 Å². The molecule has 2 N–H and O–H groups in total. The Morgan fingerprint density at radius 2 is 1.72 bits per heavy atom. The molecule has 25 heavy (non-hydrogen) atoms. The van der Waals surface area contributed by atoms with E-state index in [-0.39, 0.29) is 24.8 Å². The van der Waals surface area contributed by atoms with E-state index in [9.17, 15) is 9.59 Å². The summed E-state index contributed by atoms with van der Waals surface area (Å²) in [6.07, 6.45) is -0.182. The molecule has 0 heterocycles. The zero-order chi connectivity index (χ0) is 18.1. The van der Waals surface area contributed by atoms with Crippen LogP contribution in [0.1, 0.15) is 17.5 Å². The first-order chi connectivity index (χ1) is 12.1. The lowest BCUT2D eigenvalue weighted by molar-refractivity contribution is -0.123. The maximum Gasteiger partial charge on any atom is 0.258 e. The van der Waals surface area contributed by atoms with Gasteiger partial charge in [-0.25, -0.2) is 0 Å². The molecule has 0 aliphatic rings. The van der Waals surface area contributed by atoms with Gasteiger partial charge in [-0.15, -0.1) is 0 Å². The Bertz CT molecular complexity index is 762. The summed E-state index contributed by atoms with van der Waals surface area (Å²) in [5, 5.41) is 13.8. The number of carbonyl (C=O) groups is 2. The molecule has 128 valence electrons. The van der Waals surface area contributed by atoms with Gasteiger partial charge in [0.2, 0.25) is 5.91 Å². The maximum atomic E-state index is 11.8. The number of ether oxygens (including phenoxy) is 1. The van der Waals surface area contributed by atoms with Crippen molar-refractivity contribution in [2.24, 2.45) is 0 Å². The lowest BCUT2D eigenvalue weighted by atomic mass is 10.2. The standard InChI is InChI=1S/C19H19N3O3/c1-14-2-8-17(9-3-14)25-13-19(24)21-12-15-4-6-16(7-5-15)22-18(23)10-11-20/h2-9H,10,12-13H2,1H3,(H,21,24)(H,22,23). The third-order valence-corrected chi connectivity index (χ3v) is 3.36. The van der Waals surface area contributed by atoms with Crippen LogP contribution in [0.15, 0.2) is 48.5 Å². The van der Waals surface area contributed by atoms with Crippen molar-refractivity contribution in [2.45, 2.75) is 19.9 Å². The minimum absolute atomic E-state index is 0.0502. The van der Waals surface area contributed by atoms with Crippen LogP contribution in [0.5, 0.6) is 5.75 Å². The number of rotatable bonds is 7. The Balaban J connectivity index is 1.75. The number of anilines is 1. The molecule has 0 fully saturated rings. The van der Waals surface area contributed by atoms with Gasteiger partial charge >= 0.3 is 0 Å². The van der Waals surface area contributed by atoms with E-state index in [1.54, 1.807) is 30.3 Å². The molecule has 0 unspecified atom stereocenters. The Labute approximate surface area is 146 Å². The molecule has 0 saturated heterocycles. The van der Waals surface area contributed by atoms with Gasteiger partial charge in [-0.1, -0.05) is 29.8 Å². The van der Waals surface area contributed by atoms with E-state index in [0.717, 1.165) is 11.1 Å². The van der Waals surface area contributed by atoms with Crippen LogP contribution in [0, 0.1) is 18.3 Å². The van der Waals surface area contributed by atoms with Crippen molar-refractivity contribution in [3.8, 4) is 11.8 Å². The molecule has 0 aliphatic heterocycles. The molecule has 0 radical (unpaired) electrons. The molecule has 2 aromatic rings. The summed E-state index contributed by atoms with van der Waals surface area (Å²) in [5.41, 5.74) is 2.63. The van der Waals surface area contributed by atoms with E-state index in [0.29, 0.717) is 18.0 Å². The number of hydrogen-bond acceptors (Lipinski definition) is 4. The monoisotopic (exact) mass is 337 g/mol. The van der Waals surface area contributed by atoms with Crippen LogP contribution in [0.25, 0.3) is 0 Å². The van der Waals surface area contributed by atoms with Gasteiger partial charge in [0.25, 0.3) is 5.91 Å². The summed E-state index contributed by atoms with van der Waals surface area (Å²) in [7, 11) is 0. The summed E-state index contributed by atoms with van der Waals surface area (Å²) in [6.45, 7) is 2.30. The van der Waals surface area contributed by atoms with Crippen LogP contribution >= 0.6 is 0 Å². The predicted octanol–water partition coefficient (Wildman–Crippen LogP) is 2.54. The van der Waals surface area contributed by atoms with Gasteiger partial charge in [0, 0.05) is 12.2 Å². The molecule has 0 aromatic heterocycles. The van der Waals surface area contributed by atoms with Crippen LogP contribution in [0.2, 0.25) is 0 Å². The van der Waals surface area contributed by atoms with Gasteiger partial charge in [-0.05, 0) is 36.8 Å². The first kappa shape index (κ1) is 18.0. The molecule has 0 spiro atoms. The van der Waals surface area contributed by atoms with Crippen LogP contribution < -0.4 is 15.4 Å². The van der Waals surface area contributed by atoms with Gasteiger partial charge in [0.15, 0.2) is 6.61 Å². The van der Waals surface area contributed by atoms with Crippen molar-refractivity contribution >= 4 is 17.5 Å². The fourth-order valence-corrected chi connectivity index (χ4v) is 2.02. The van der Waals surface area contributed by atoms with E-state index in [2.05, 4.69) is 10.6 Å². The minimum Gasteiger partial charge on any atom is -0.484 e. The fourth-order valence-electron chi connectivity index (χ4n) is 2.02. The SMILES string of the molecule is Cc1ccc(OCC(=O)NCc2ccc(NC(=O)CC#N)cc2)cc1. The number of nitriles is 1. The molecule has 2 rings (SSSR count). The Kier molecular flexibility index (Phi) is 6.55. The lowest BCUT2D eigenvalue weighted by Crippen LogP contribution is -2.28. The van der Waals surface area contributed by atoms with E-state index < -0.39 is 0 Å². The van der Waals surface area contributed by atoms with Gasteiger partial charge in [-0.3, -0.25) is 9.59 Å². The molecule has 0 atom stereocenters. The molecule has 6 nitrogen and oxygen atoms in total. The lowest BCUT2D eigenvalue weighted by Gasteiger charge is -2.09. The first-order valence-corrected chi connectivity index (χ1v) is 7.79. The van der Waals surface area contributed by atoms with E-state index in [1.807, 2.05) is 31.2 Å². The second kappa shape index (κ2) is 9.08.